The summed E-state index contributed by atoms with van der Waals surface area (Å²) in [5.41, 5.74) is 0.216. The van der Waals surface area contributed by atoms with Crippen LogP contribution in [0.5, 0.6) is 5.75 Å². The maximum Gasteiger partial charge on any atom is 0.341 e. The molecule has 22 heavy (non-hydrogen) atoms. The second kappa shape index (κ2) is 6.81. The van der Waals surface area contributed by atoms with Gasteiger partial charge in [-0.25, -0.2) is 4.79 Å². The molecular formula is C17H23NO4. The van der Waals surface area contributed by atoms with Crippen LogP contribution in [-0.2, 0) is 9.59 Å². The predicted octanol–water partition coefficient (Wildman–Crippen LogP) is 3.30. The van der Waals surface area contributed by atoms with Crippen molar-refractivity contribution in [3.05, 3.63) is 24.3 Å². The number of carboxylic acids is 1. The first-order chi connectivity index (χ1) is 10.4. The molecule has 0 saturated heterocycles. The van der Waals surface area contributed by atoms with Crippen molar-refractivity contribution in [2.75, 3.05) is 11.9 Å². The van der Waals surface area contributed by atoms with E-state index in [2.05, 4.69) is 5.32 Å². The van der Waals surface area contributed by atoms with E-state index in [1.165, 1.54) is 12.8 Å². The van der Waals surface area contributed by atoms with Crippen molar-refractivity contribution in [2.45, 2.75) is 39.5 Å². The molecule has 0 unspecified atom stereocenters. The second-order valence-corrected chi connectivity index (χ2v) is 6.37. The highest BCUT2D eigenvalue weighted by atomic mass is 16.5. The number of aliphatic carboxylic acids is 1. The SMILES string of the molecule is CC(C)(C(=O)Nc1cccc(OCC(=O)O)c1)C1CCCC1. The molecule has 0 aliphatic heterocycles. The van der Waals surface area contributed by atoms with Crippen LogP contribution in [0.2, 0.25) is 0 Å². The van der Waals surface area contributed by atoms with Crippen LogP contribution in [0, 0.1) is 11.3 Å². The second-order valence-electron chi connectivity index (χ2n) is 6.37. The number of carbonyl (C=O) groups excluding carboxylic acids is 1. The Bertz CT molecular complexity index is 547. The topological polar surface area (TPSA) is 75.6 Å². The van der Waals surface area contributed by atoms with Gasteiger partial charge >= 0.3 is 5.97 Å². The lowest BCUT2D eigenvalue weighted by molar-refractivity contribution is -0.139. The lowest BCUT2D eigenvalue weighted by atomic mass is 9.77. The zero-order valence-electron chi connectivity index (χ0n) is 13.1. The molecule has 0 spiro atoms. The molecule has 0 atom stereocenters. The van der Waals surface area contributed by atoms with Gasteiger partial charge in [0.1, 0.15) is 5.75 Å². The molecular weight excluding hydrogens is 282 g/mol. The zero-order valence-corrected chi connectivity index (χ0v) is 13.1. The van der Waals surface area contributed by atoms with Gasteiger partial charge in [0, 0.05) is 17.2 Å². The highest BCUT2D eigenvalue weighted by Crippen LogP contribution is 2.40. The summed E-state index contributed by atoms with van der Waals surface area (Å²) in [6, 6.07) is 6.82. The number of amides is 1. The van der Waals surface area contributed by atoms with E-state index < -0.39 is 18.0 Å². The molecule has 0 heterocycles. The summed E-state index contributed by atoms with van der Waals surface area (Å²) in [6.07, 6.45) is 4.59. The first kappa shape index (κ1) is 16.3. The van der Waals surface area contributed by atoms with E-state index in [1.807, 2.05) is 13.8 Å². The van der Waals surface area contributed by atoms with Gasteiger partial charge in [-0.3, -0.25) is 4.79 Å². The summed E-state index contributed by atoms with van der Waals surface area (Å²) >= 11 is 0. The van der Waals surface area contributed by atoms with Gasteiger partial charge < -0.3 is 15.2 Å². The van der Waals surface area contributed by atoms with Crippen LogP contribution in [-0.4, -0.2) is 23.6 Å². The minimum Gasteiger partial charge on any atom is -0.482 e. The molecule has 0 bridgehead atoms. The molecule has 5 nitrogen and oxygen atoms in total. The third-order valence-electron chi connectivity index (χ3n) is 4.42. The largest absolute Gasteiger partial charge is 0.482 e. The minimum atomic E-state index is -1.03. The maximum absolute atomic E-state index is 12.6. The van der Waals surface area contributed by atoms with Crippen molar-refractivity contribution in [1.29, 1.82) is 0 Å². The molecule has 1 aliphatic rings. The predicted molar refractivity (Wildman–Crippen MR) is 83.9 cm³/mol. The molecule has 1 aliphatic carbocycles. The summed E-state index contributed by atoms with van der Waals surface area (Å²) in [4.78, 5) is 23.1. The molecule has 1 amide bonds. The summed E-state index contributed by atoms with van der Waals surface area (Å²) in [6.45, 7) is 3.58. The Labute approximate surface area is 130 Å². The van der Waals surface area contributed by atoms with Crippen LogP contribution in [0.3, 0.4) is 0 Å². The number of carboxylic acid groups (broad SMARTS) is 1. The number of carbonyl (C=O) groups is 2. The smallest absolute Gasteiger partial charge is 0.341 e. The highest BCUT2D eigenvalue weighted by molar-refractivity contribution is 5.95. The molecule has 0 radical (unpaired) electrons. The molecule has 2 rings (SSSR count). The Morgan fingerprint density at radius 2 is 2.00 bits per heavy atom. The Morgan fingerprint density at radius 1 is 1.32 bits per heavy atom. The number of hydrogen-bond donors (Lipinski definition) is 2. The monoisotopic (exact) mass is 305 g/mol. The number of ether oxygens (including phenoxy) is 1. The fourth-order valence-corrected chi connectivity index (χ4v) is 2.93. The summed E-state index contributed by atoms with van der Waals surface area (Å²) in [5, 5.41) is 11.5. The molecule has 1 aromatic carbocycles. The lowest BCUT2D eigenvalue weighted by Crippen LogP contribution is -2.36. The Morgan fingerprint density at radius 3 is 2.64 bits per heavy atom. The average Bonchev–Trinajstić information content (AvgIpc) is 3.00. The Kier molecular flexibility index (Phi) is 5.06. The fraction of sp³-hybridized carbons (Fsp3) is 0.529. The van der Waals surface area contributed by atoms with E-state index in [0.717, 1.165) is 12.8 Å². The highest BCUT2D eigenvalue weighted by Gasteiger charge is 2.38. The van der Waals surface area contributed by atoms with Crippen LogP contribution < -0.4 is 10.1 Å². The minimum absolute atomic E-state index is 0.00483. The molecule has 2 N–H and O–H groups in total. The van der Waals surface area contributed by atoms with Crippen molar-refractivity contribution >= 4 is 17.6 Å². The van der Waals surface area contributed by atoms with Crippen molar-refractivity contribution < 1.29 is 19.4 Å². The summed E-state index contributed by atoms with van der Waals surface area (Å²) < 4.78 is 5.12. The van der Waals surface area contributed by atoms with Gasteiger partial charge in [0.05, 0.1) is 0 Å². The van der Waals surface area contributed by atoms with Gasteiger partial charge in [0.15, 0.2) is 6.61 Å². The van der Waals surface area contributed by atoms with Gasteiger partial charge in [-0.2, -0.15) is 0 Å². The Hall–Kier alpha value is -2.04. The maximum atomic E-state index is 12.6. The van der Waals surface area contributed by atoms with Gasteiger partial charge in [-0.15, -0.1) is 0 Å². The molecule has 1 fully saturated rings. The average molecular weight is 305 g/mol. The van der Waals surface area contributed by atoms with Gasteiger partial charge in [0.2, 0.25) is 5.91 Å². The zero-order chi connectivity index (χ0) is 16.2. The van der Waals surface area contributed by atoms with E-state index in [-0.39, 0.29) is 5.91 Å². The first-order valence-electron chi connectivity index (χ1n) is 7.65. The summed E-state index contributed by atoms with van der Waals surface area (Å²) in [5.74, 6) is -0.190. The van der Waals surface area contributed by atoms with E-state index in [1.54, 1.807) is 24.3 Å². The number of benzene rings is 1. The van der Waals surface area contributed by atoms with Crippen LogP contribution in [0.4, 0.5) is 5.69 Å². The van der Waals surface area contributed by atoms with E-state index in [0.29, 0.717) is 17.4 Å². The third kappa shape index (κ3) is 4.00. The van der Waals surface area contributed by atoms with Crippen molar-refractivity contribution in [1.82, 2.24) is 0 Å². The quantitative estimate of drug-likeness (QED) is 0.845. The molecule has 0 aromatic heterocycles. The normalized spacial score (nSPS) is 15.5. The molecule has 120 valence electrons. The van der Waals surface area contributed by atoms with Gasteiger partial charge in [-0.1, -0.05) is 32.8 Å². The molecule has 1 saturated carbocycles. The Balaban J connectivity index is 2.01. The molecule has 5 heteroatoms. The number of nitrogens with one attached hydrogen (secondary N) is 1. The van der Waals surface area contributed by atoms with E-state index in [9.17, 15) is 9.59 Å². The van der Waals surface area contributed by atoms with Gasteiger partial charge in [0.25, 0.3) is 0 Å². The lowest BCUT2D eigenvalue weighted by Gasteiger charge is -2.30. The van der Waals surface area contributed by atoms with Crippen molar-refractivity contribution in [2.24, 2.45) is 11.3 Å². The van der Waals surface area contributed by atoms with Crippen LogP contribution in [0.1, 0.15) is 39.5 Å². The molecule has 1 aromatic rings. The first-order valence-corrected chi connectivity index (χ1v) is 7.65. The number of anilines is 1. The van der Waals surface area contributed by atoms with Crippen molar-refractivity contribution in [3.8, 4) is 5.75 Å². The van der Waals surface area contributed by atoms with Crippen molar-refractivity contribution in [3.63, 3.8) is 0 Å². The van der Waals surface area contributed by atoms with E-state index >= 15 is 0 Å². The number of rotatable bonds is 6. The van der Waals surface area contributed by atoms with Crippen LogP contribution in [0.15, 0.2) is 24.3 Å². The fourth-order valence-electron chi connectivity index (χ4n) is 2.93. The number of hydrogen-bond acceptors (Lipinski definition) is 3. The van der Waals surface area contributed by atoms with Crippen LogP contribution >= 0.6 is 0 Å². The standard InChI is InChI=1S/C17H23NO4/c1-17(2,12-6-3-4-7-12)16(21)18-13-8-5-9-14(10-13)22-11-15(19)20/h5,8-10,12H,3-4,6-7,11H2,1-2H3,(H,18,21)(H,19,20). The summed E-state index contributed by atoms with van der Waals surface area (Å²) in [7, 11) is 0. The van der Waals surface area contributed by atoms with Gasteiger partial charge in [-0.05, 0) is 30.9 Å². The van der Waals surface area contributed by atoms with E-state index in [4.69, 9.17) is 9.84 Å². The third-order valence-corrected chi connectivity index (χ3v) is 4.42. The van der Waals surface area contributed by atoms with Crippen LogP contribution in [0.25, 0.3) is 0 Å².